The summed E-state index contributed by atoms with van der Waals surface area (Å²) in [6.45, 7) is 9.60. The standard InChI is InChI=1S/C38H40N2O7S/c1-6-7-13-27-19-29-34(45-22-30(35(29)41)32-23-48-24(2)39-32)20-33(27)46-36(42)31(40-37(43)47-38(3,4)5)18-25-14-16-28(17-15-25)44-21-26-11-9-8-10-12-26/h8-12,14-17,19-20,22-23,31H,6-7,13,18,21H2,1-5H3,(H,40,43)/t31-/m0/s1. The normalized spacial score (nSPS) is 12.0. The van der Waals surface area contributed by atoms with Crippen molar-refractivity contribution in [3.8, 4) is 22.8 Å². The second-order valence-corrected chi connectivity index (χ2v) is 13.6. The fraction of sp³-hybridized carbons (Fsp3) is 0.316. The zero-order chi connectivity index (χ0) is 34.3. The van der Waals surface area contributed by atoms with Gasteiger partial charge >= 0.3 is 12.1 Å². The number of carbonyl (C=O) groups excluding carboxylic acids is 2. The average molecular weight is 669 g/mol. The van der Waals surface area contributed by atoms with Crippen molar-refractivity contribution in [2.24, 2.45) is 0 Å². The minimum Gasteiger partial charge on any atom is -0.489 e. The van der Waals surface area contributed by atoms with Gasteiger partial charge in [-0.15, -0.1) is 11.3 Å². The minimum absolute atomic E-state index is 0.139. The van der Waals surface area contributed by atoms with Gasteiger partial charge in [0.15, 0.2) is 0 Å². The molecule has 0 saturated carbocycles. The number of rotatable bonds is 12. The quantitative estimate of drug-likeness (QED) is 0.105. The number of benzene rings is 3. The van der Waals surface area contributed by atoms with E-state index in [0.29, 0.717) is 41.0 Å². The zero-order valence-electron chi connectivity index (χ0n) is 27.8. The monoisotopic (exact) mass is 668 g/mol. The summed E-state index contributed by atoms with van der Waals surface area (Å²) in [4.78, 5) is 44.6. The van der Waals surface area contributed by atoms with Gasteiger partial charge in [-0.3, -0.25) is 4.79 Å². The van der Waals surface area contributed by atoms with Crippen molar-refractivity contribution in [3.63, 3.8) is 0 Å². The van der Waals surface area contributed by atoms with Crippen molar-refractivity contribution >= 4 is 34.4 Å². The Morgan fingerprint density at radius 3 is 2.44 bits per heavy atom. The molecule has 0 spiro atoms. The molecule has 0 aliphatic rings. The van der Waals surface area contributed by atoms with Crippen LogP contribution in [0.2, 0.25) is 0 Å². The Morgan fingerprint density at radius 1 is 1.02 bits per heavy atom. The summed E-state index contributed by atoms with van der Waals surface area (Å²) in [5.41, 5.74) is 2.75. The lowest BCUT2D eigenvalue weighted by atomic mass is 10.0. The van der Waals surface area contributed by atoms with E-state index in [2.05, 4.69) is 17.2 Å². The van der Waals surface area contributed by atoms with Gasteiger partial charge in [0.25, 0.3) is 0 Å². The third kappa shape index (κ3) is 9.10. The molecule has 10 heteroatoms. The highest BCUT2D eigenvalue weighted by Gasteiger charge is 2.28. The Balaban J connectivity index is 1.40. The maximum Gasteiger partial charge on any atom is 0.408 e. The molecule has 9 nitrogen and oxygen atoms in total. The third-order valence-corrected chi connectivity index (χ3v) is 8.22. The number of amides is 1. The number of alkyl carbamates (subject to hydrolysis) is 1. The van der Waals surface area contributed by atoms with Gasteiger partial charge in [0.1, 0.15) is 41.6 Å². The van der Waals surface area contributed by atoms with Crippen molar-refractivity contribution in [2.75, 3.05) is 0 Å². The lowest BCUT2D eigenvalue weighted by Crippen LogP contribution is -2.46. The molecule has 0 unspecified atom stereocenters. The van der Waals surface area contributed by atoms with E-state index in [9.17, 15) is 14.4 Å². The highest BCUT2D eigenvalue weighted by molar-refractivity contribution is 7.09. The first-order valence-electron chi connectivity index (χ1n) is 16.0. The lowest BCUT2D eigenvalue weighted by Gasteiger charge is -2.23. The fourth-order valence-corrected chi connectivity index (χ4v) is 5.66. The summed E-state index contributed by atoms with van der Waals surface area (Å²) in [6, 6.07) is 19.4. The number of unbranched alkanes of at least 4 members (excludes halogenated alkanes) is 1. The van der Waals surface area contributed by atoms with Gasteiger partial charge in [0.2, 0.25) is 5.43 Å². The van der Waals surface area contributed by atoms with Gasteiger partial charge < -0.3 is 23.9 Å². The molecule has 0 saturated heterocycles. The molecule has 0 aliphatic heterocycles. The first kappa shape index (κ1) is 34.4. The average Bonchev–Trinajstić information content (AvgIpc) is 3.48. The van der Waals surface area contributed by atoms with Crippen LogP contribution >= 0.6 is 11.3 Å². The Kier molecular flexibility index (Phi) is 11.0. The third-order valence-electron chi connectivity index (χ3n) is 7.45. The lowest BCUT2D eigenvalue weighted by molar-refractivity contribution is -0.136. The van der Waals surface area contributed by atoms with Crippen molar-refractivity contribution in [1.82, 2.24) is 10.3 Å². The number of aromatic nitrogens is 1. The van der Waals surface area contributed by atoms with Crippen LogP contribution < -0.4 is 20.2 Å². The second kappa shape index (κ2) is 15.3. The minimum atomic E-state index is -1.08. The van der Waals surface area contributed by atoms with Crippen LogP contribution in [0.4, 0.5) is 4.79 Å². The molecular formula is C38H40N2O7S. The molecular weight excluding hydrogens is 628 g/mol. The Labute approximate surface area is 283 Å². The summed E-state index contributed by atoms with van der Waals surface area (Å²) in [5, 5.41) is 5.74. The van der Waals surface area contributed by atoms with Gasteiger partial charge in [-0.1, -0.05) is 55.8 Å². The number of fused-ring (bicyclic) bond motifs is 1. The number of esters is 1. The van der Waals surface area contributed by atoms with Gasteiger partial charge in [0.05, 0.1) is 21.7 Å². The van der Waals surface area contributed by atoms with Crippen LogP contribution in [0.1, 0.15) is 62.2 Å². The van der Waals surface area contributed by atoms with E-state index in [1.807, 2.05) is 66.9 Å². The van der Waals surface area contributed by atoms with E-state index >= 15 is 0 Å². The summed E-state index contributed by atoms with van der Waals surface area (Å²) in [7, 11) is 0. The largest absolute Gasteiger partial charge is 0.489 e. The first-order chi connectivity index (χ1) is 23.0. The van der Waals surface area contributed by atoms with E-state index in [1.165, 1.54) is 17.6 Å². The first-order valence-corrected chi connectivity index (χ1v) is 16.8. The van der Waals surface area contributed by atoms with Gasteiger partial charge in [-0.05, 0) is 75.4 Å². The van der Waals surface area contributed by atoms with Crippen LogP contribution in [-0.2, 0) is 29.0 Å². The summed E-state index contributed by atoms with van der Waals surface area (Å²) >= 11 is 1.45. The molecule has 0 radical (unpaired) electrons. The molecule has 1 amide bonds. The van der Waals surface area contributed by atoms with E-state index in [-0.39, 0.29) is 23.2 Å². The van der Waals surface area contributed by atoms with Crippen molar-refractivity contribution in [1.29, 1.82) is 0 Å². The molecule has 1 atom stereocenters. The molecule has 0 bridgehead atoms. The van der Waals surface area contributed by atoms with Crippen LogP contribution in [0.25, 0.3) is 22.2 Å². The number of aryl methyl sites for hydroxylation is 2. The number of thiazole rings is 1. The SMILES string of the molecule is CCCCc1cc2c(=O)c(-c3csc(C)n3)coc2cc1OC(=O)[C@H](Cc1ccc(OCc2ccccc2)cc1)NC(=O)OC(C)(C)C. The van der Waals surface area contributed by atoms with E-state index < -0.39 is 23.7 Å². The summed E-state index contributed by atoms with van der Waals surface area (Å²) in [5.74, 6) is 0.259. The van der Waals surface area contributed by atoms with Crippen LogP contribution in [0.3, 0.4) is 0 Å². The molecule has 0 aliphatic carbocycles. The van der Waals surface area contributed by atoms with Crippen molar-refractivity contribution in [2.45, 2.75) is 78.6 Å². The molecule has 250 valence electrons. The Hall–Kier alpha value is -4.96. The number of nitrogens with one attached hydrogen (secondary N) is 1. The number of hydrogen-bond acceptors (Lipinski definition) is 9. The van der Waals surface area contributed by atoms with Crippen LogP contribution in [0.15, 0.2) is 87.6 Å². The maximum absolute atomic E-state index is 13.8. The van der Waals surface area contributed by atoms with Crippen LogP contribution in [0, 0.1) is 6.92 Å². The highest BCUT2D eigenvalue weighted by Crippen LogP contribution is 2.29. The fourth-order valence-electron chi connectivity index (χ4n) is 5.04. The zero-order valence-corrected chi connectivity index (χ0v) is 28.6. The number of hydrogen-bond donors (Lipinski definition) is 1. The van der Waals surface area contributed by atoms with Gasteiger partial charge in [0, 0.05) is 17.9 Å². The second-order valence-electron chi connectivity index (χ2n) is 12.5. The molecule has 5 aromatic rings. The van der Waals surface area contributed by atoms with Gasteiger partial charge in [-0.25, -0.2) is 14.6 Å². The topological polar surface area (TPSA) is 117 Å². The highest BCUT2D eigenvalue weighted by atomic mass is 32.1. The number of nitrogens with zero attached hydrogens (tertiary/aromatic N) is 1. The Bertz CT molecular complexity index is 1930. The molecule has 48 heavy (non-hydrogen) atoms. The molecule has 2 aromatic heterocycles. The van der Waals surface area contributed by atoms with E-state index in [1.54, 1.807) is 32.9 Å². The maximum atomic E-state index is 13.8. The van der Waals surface area contributed by atoms with Crippen molar-refractivity contribution < 1.29 is 28.2 Å². The number of carbonyl (C=O) groups is 2. The molecule has 0 fully saturated rings. The molecule has 2 heterocycles. The summed E-state index contributed by atoms with van der Waals surface area (Å²) in [6.07, 6.45) is 3.06. The molecule has 5 rings (SSSR count). The van der Waals surface area contributed by atoms with Crippen LogP contribution in [0.5, 0.6) is 11.5 Å². The van der Waals surface area contributed by atoms with Crippen LogP contribution in [-0.4, -0.2) is 28.7 Å². The molecule has 3 aromatic carbocycles. The predicted molar refractivity (Wildman–Crippen MR) is 187 cm³/mol. The predicted octanol–water partition coefficient (Wildman–Crippen LogP) is 8.19. The smallest absolute Gasteiger partial charge is 0.408 e. The molecule has 1 N–H and O–H groups in total. The van der Waals surface area contributed by atoms with E-state index in [4.69, 9.17) is 18.6 Å². The van der Waals surface area contributed by atoms with Gasteiger partial charge in [-0.2, -0.15) is 0 Å². The van der Waals surface area contributed by atoms with Crippen molar-refractivity contribution in [3.05, 3.63) is 110 Å². The number of ether oxygens (including phenoxy) is 3. The van der Waals surface area contributed by atoms with E-state index in [0.717, 1.165) is 29.0 Å². The Morgan fingerprint density at radius 2 is 1.77 bits per heavy atom. The summed E-state index contributed by atoms with van der Waals surface area (Å²) < 4.78 is 23.2.